The van der Waals surface area contributed by atoms with Gasteiger partial charge in [0.2, 0.25) is 0 Å². The minimum absolute atomic E-state index is 0.797. The van der Waals surface area contributed by atoms with Gasteiger partial charge in [-0.1, -0.05) is 0 Å². The van der Waals surface area contributed by atoms with Gasteiger partial charge in [-0.05, 0) is 43.5 Å². The summed E-state index contributed by atoms with van der Waals surface area (Å²) in [5.41, 5.74) is 4.81. The number of nitrogens with zero attached hydrogens (tertiary/aromatic N) is 3. The van der Waals surface area contributed by atoms with Crippen molar-refractivity contribution in [2.75, 3.05) is 30.9 Å². The number of nitrogens with one attached hydrogen (secondary N) is 1. The van der Waals surface area contributed by atoms with Crippen LogP contribution in [-0.2, 0) is 6.42 Å². The zero-order valence-electron chi connectivity index (χ0n) is 12.3. The number of aromatic nitrogens is 2. The third kappa shape index (κ3) is 2.33. The topological polar surface area (TPSA) is 41.1 Å². The van der Waals surface area contributed by atoms with Crippen LogP contribution in [0.3, 0.4) is 0 Å². The first-order valence-corrected chi connectivity index (χ1v) is 7.05. The standard InChI is InChI=1S/C16H20N4/c1-11-9-15(17-2)19-16(18-11)13-6-7-14-12(10-13)5-4-8-20(14)3/h6-7,9-10H,4-5,8H2,1-3H3,(H,17,18,19). The Balaban J connectivity index is 2.05. The fraction of sp³-hybridized carbons (Fsp3) is 0.375. The molecule has 0 saturated carbocycles. The second-order valence-electron chi connectivity index (χ2n) is 5.34. The Morgan fingerprint density at radius 3 is 2.85 bits per heavy atom. The molecular weight excluding hydrogens is 248 g/mol. The van der Waals surface area contributed by atoms with Gasteiger partial charge < -0.3 is 10.2 Å². The molecule has 1 N–H and O–H groups in total. The molecular formula is C16H20N4. The molecule has 0 amide bonds. The summed E-state index contributed by atoms with van der Waals surface area (Å²) in [6, 6.07) is 8.50. The van der Waals surface area contributed by atoms with E-state index in [9.17, 15) is 0 Å². The fourth-order valence-corrected chi connectivity index (χ4v) is 2.75. The highest BCUT2D eigenvalue weighted by atomic mass is 15.1. The SMILES string of the molecule is CNc1cc(C)nc(-c2ccc3c(c2)CCCN3C)n1. The van der Waals surface area contributed by atoms with E-state index in [1.54, 1.807) is 0 Å². The molecule has 0 unspecified atom stereocenters. The molecule has 1 aromatic carbocycles. The summed E-state index contributed by atoms with van der Waals surface area (Å²) in [6.45, 7) is 3.13. The van der Waals surface area contributed by atoms with Crippen LogP contribution in [0, 0.1) is 6.92 Å². The molecule has 0 aliphatic carbocycles. The number of hydrogen-bond donors (Lipinski definition) is 1. The van der Waals surface area contributed by atoms with Gasteiger partial charge in [-0.3, -0.25) is 0 Å². The summed E-state index contributed by atoms with van der Waals surface area (Å²) in [5, 5.41) is 3.09. The van der Waals surface area contributed by atoms with Crippen LogP contribution >= 0.6 is 0 Å². The monoisotopic (exact) mass is 268 g/mol. The van der Waals surface area contributed by atoms with Crippen molar-refractivity contribution in [1.82, 2.24) is 9.97 Å². The molecule has 0 saturated heterocycles. The molecule has 20 heavy (non-hydrogen) atoms. The first kappa shape index (κ1) is 12.9. The molecule has 0 spiro atoms. The van der Waals surface area contributed by atoms with Crippen molar-refractivity contribution in [2.45, 2.75) is 19.8 Å². The number of aryl methyl sites for hydroxylation is 2. The van der Waals surface area contributed by atoms with Crippen molar-refractivity contribution >= 4 is 11.5 Å². The van der Waals surface area contributed by atoms with E-state index < -0.39 is 0 Å². The van der Waals surface area contributed by atoms with Gasteiger partial charge >= 0.3 is 0 Å². The molecule has 2 heterocycles. The highest BCUT2D eigenvalue weighted by Gasteiger charge is 2.15. The summed E-state index contributed by atoms with van der Waals surface area (Å²) >= 11 is 0. The molecule has 0 atom stereocenters. The normalized spacial score (nSPS) is 14.1. The maximum Gasteiger partial charge on any atom is 0.161 e. The van der Waals surface area contributed by atoms with Crippen molar-refractivity contribution in [1.29, 1.82) is 0 Å². The molecule has 2 aromatic rings. The van der Waals surface area contributed by atoms with Crippen LogP contribution in [0.5, 0.6) is 0 Å². The molecule has 104 valence electrons. The first-order valence-electron chi connectivity index (χ1n) is 7.05. The number of fused-ring (bicyclic) bond motifs is 1. The lowest BCUT2D eigenvalue weighted by molar-refractivity contribution is 0.744. The predicted octanol–water partition coefficient (Wildman–Crippen LogP) is 2.88. The number of anilines is 2. The molecule has 0 bridgehead atoms. The van der Waals surface area contributed by atoms with Crippen molar-refractivity contribution in [3.05, 3.63) is 35.5 Å². The van der Waals surface area contributed by atoms with Gasteiger partial charge in [0.15, 0.2) is 5.82 Å². The van der Waals surface area contributed by atoms with Gasteiger partial charge in [-0.2, -0.15) is 0 Å². The van der Waals surface area contributed by atoms with Crippen LogP contribution in [0.25, 0.3) is 11.4 Å². The number of hydrogen-bond acceptors (Lipinski definition) is 4. The van der Waals surface area contributed by atoms with Crippen LogP contribution < -0.4 is 10.2 Å². The highest BCUT2D eigenvalue weighted by molar-refractivity contribution is 5.66. The Bertz CT molecular complexity index is 636. The van der Waals surface area contributed by atoms with Crippen molar-refractivity contribution in [3.8, 4) is 11.4 Å². The van der Waals surface area contributed by atoms with Gasteiger partial charge in [-0.25, -0.2) is 9.97 Å². The average Bonchev–Trinajstić information content (AvgIpc) is 2.46. The van der Waals surface area contributed by atoms with E-state index in [1.807, 2.05) is 20.0 Å². The van der Waals surface area contributed by atoms with E-state index in [1.165, 1.54) is 17.7 Å². The minimum atomic E-state index is 0.797. The molecule has 0 radical (unpaired) electrons. The van der Waals surface area contributed by atoms with Gasteiger partial charge in [0.25, 0.3) is 0 Å². The maximum atomic E-state index is 4.56. The van der Waals surface area contributed by atoms with Gasteiger partial charge in [0.1, 0.15) is 5.82 Å². The Morgan fingerprint density at radius 2 is 2.05 bits per heavy atom. The summed E-state index contributed by atoms with van der Waals surface area (Å²) in [7, 11) is 4.04. The van der Waals surface area contributed by atoms with Crippen LogP contribution in [0.2, 0.25) is 0 Å². The van der Waals surface area contributed by atoms with Crippen molar-refractivity contribution in [2.24, 2.45) is 0 Å². The number of rotatable bonds is 2. The predicted molar refractivity (Wildman–Crippen MR) is 83.3 cm³/mol. The third-order valence-corrected chi connectivity index (χ3v) is 3.80. The second-order valence-corrected chi connectivity index (χ2v) is 5.34. The highest BCUT2D eigenvalue weighted by Crippen LogP contribution is 2.30. The Labute approximate surface area is 119 Å². The van der Waals surface area contributed by atoms with Crippen LogP contribution in [0.15, 0.2) is 24.3 Å². The Morgan fingerprint density at radius 1 is 1.20 bits per heavy atom. The third-order valence-electron chi connectivity index (χ3n) is 3.80. The Hall–Kier alpha value is -2.10. The number of benzene rings is 1. The van der Waals surface area contributed by atoms with E-state index in [2.05, 4.69) is 45.4 Å². The second kappa shape index (κ2) is 5.12. The van der Waals surface area contributed by atoms with Gasteiger partial charge in [0, 0.05) is 43.7 Å². The van der Waals surface area contributed by atoms with Crippen molar-refractivity contribution in [3.63, 3.8) is 0 Å². The van der Waals surface area contributed by atoms with E-state index in [0.29, 0.717) is 0 Å². The molecule has 1 aliphatic heterocycles. The van der Waals surface area contributed by atoms with E-state index in [-0.39, 0.29) is 0 Å². The molecule has 1 aliphatic rings. The quantitative estimate of drug-likeness (QED) is 0.909. The minimum Gasteiger partial charge on any atom is -0.374 e. The molecule has 4 nitrogen and oxygen atoms in total. The van der Waals surface area contributed by atoms with Crippen molar-refractivity contribution < 1.29 is 0 Å². The molecule has 4 heteroatoms. The van der Waals surface area contributed by atoms with E-state index in [0.717, 1.165) is 35.9 Å². The molecule has 1 aromatic heterocycles. The molecule has 0 fully saturated rings. The fourth-order valence-electron chi connectivity index (χ4n) is 2.75. The van der Waals surface area contributed by atoms with E-state index in [4.69, 9.17) is 0 Å². The lowest BCUT2D eigenvalue weighted by atomic mass is 9.99. The summed E-state index contributed by atoms with van der Waals surface area (Å²) in [4.78, 5) is 11.4. The Kier molecular flexibility index (Phi) is 3.30. The lowest BCUT2D eigenvalue weighted by Crippen LogP contribution is -2.24. The summed E-state index contributed by atoms with van der Waals surface area (Å²) < 4.78 is 0. The van der Waals surface area contributed by atoms with Gasteiger partial charge in [-0.15, -0.1) is 0 Å². The van der Waals surface area contributed by atoms with Crippen LogP contribution in [0.1, 0.15) is 17.7 Å². The van der Waals surface area contributed by atoms with E-state index >= 15 is 0 Å². The zero-order chi connectivity index (χ0) is 14.1. The maximum absolute atomic E-state index is 4.56. The average molecular weight is 268 g/mol. The smallest absolute Gasteiger partial charge is 0.161 e. The van der Waals surface area contributed by atoms with Crippen LogP contribution in [-0.4, -0.2) is 30.6 Å². The van der Waals surface area contributed by atoms with Gasteiger partial charge in [0.05, 0.1) is 0 Å². The zero-order valence-corrected chi connectivity index (χ0v) is 12.3. The van der Waals surface area contributed by atoms with Crippen LogP contribution in [0.4, 0.5) is 11.5 Å². The molecule has 3 rings (SSSR count). The first-order chi connectivity index (χ1) is 9.67. The summed E-state index contributed by atoms with van der Waals surface area (Å²) in [6.07, 6.45) is 2.35. The lowest BCUT2D eigenvalue weighted by Gasteiger charge is -2.27. The largest absolute Gasteiger partial charge is 0.374 e. The summed E-state index contributed by atoms with van der Waals surface area (Å²) in [5.74, 6) is 1.66.